The number of carbonyl (C=O) groups excluding carboxylic acids is 1. The lowest BCUT2D eigenvalue weighted by molar-refractivity contribution is -0.152. The average Bonchev–Trinajstić information content (AvgIpc) is 2.84. The zero-order chi connectivity index (χ0) is 22.5. The molecular weight excluding hydrogens is 400 g/mol. The van der Waals surface area contributed by atoms with Crippen molar-refractivity contribution in [2.24, 2.45) is 5.92 Å². The molecule has 0 spiro atoms. The number of likely N-dealkylation sites (tertiary alicyclic amines) is 1. The van der Waals surface area contributed by atoms with Crippen LogP contribution in [0.5, 0.6) is 5.75 Å². The smallest absolute Gasteiger partial charge is 0.227 e. The Bertz CT molecular complexity index is 1050. The molecule has 1 heterocycles. The molecule has 4 rings (SSSR count). The molecule has 5 heteroatoms. The fourth-order valence-electron chi connectivity index (χ4n) is 4.90. The third-order valence-corrected chi connectivity index (χ3v) is 6.66. The number of nitrogens with zero attached hydrogens (tertiary/aromatic N) is 2. The lowest BCUT2D eigenvalue weighted by Crippen LogP contribution is -2.66. The Morgan fingerprint density at radius 1 is 1.09 bits per heavy atom. The van der Waals surface area contributed by atoms with Crippen molar-refractivity contribution >= 4 is 5.91 Å². The summed E-state index contributed by atoms with van der Waals surface area (Å²) in [4.78, 5) is 14.7. The summed E-state index contributed by atoms with van der Waals surface area (Å²) in [6.07, 6.45) is 5.07. The van der Waals surface area contributed by atoms with Crippen LogP contribution in [0.1, 0.15) is 54.7 Å². The third-order valence-electron chi connectivity index (χ3n) is 6.66. The van der Waals surface area contributed by atoms with Crippen molar-refractivity contribution in [3.05, 3.63) is 65.2 Å². The van der Waals surface area contributed by atoms with Crippen molar-refractivity contribution in [3.63, 3.8) is 0 Å². The molecular formula is C27H28N2O3. The summed E-state index contributed by atoms with van der Waals surface area (Å²) in [5.74, 6) is 6.89. The molecule has 1 saturated carbocycles. The second-order valence-corrected chi connectivity index (χ2v) is 8.53. The van der Waals surface area contributed by atoms with Gasteiger partial charge in [0.05, 0.1) is 25.8 Å². The fourth-order valence-corrected chi connectivity index (χ4v) is 4.90. The minimum Gasteiger partial charge on any atom is -0.497 e. The predicted molar refractivity (Wildman–Crippen MR) is 122 cm³/mol. The summed E-state index contributed by atoms with van der Waals surface area (Å²) in [6, 6.07) is 16.8. The summed E-state index contributed by atoms with van der Waals surface area (Å²) in [5, 5.41) is 19.8. The summed E-state index contributed by atoms with van der Waals surface area (Å²) in [6.45, 7) is -0.140. The Kier molecular flexibility index (Phi) is 6.78. The molecule has 2 fully saturated rings. The number of benzene rings is 2. The van der Waals surface area contributed by atoms with Crippen LogP contribution in [-0.2, 0) is 4.79 Å². The third kappa shape index (κ3) is 4.35. The number of methoxy groups -OCH3 is 1. The molecule has 0 radical (unpaired) electrons. The topological polar surface area (TPSA) is 73.6 Å². The molecule has 164 valence electrons. The van der Waals surface area contributed by atoms with Gasteiger partial charge in [-0.1, -0.05) is 49.3 Å². The van der Waals surface area contributed by atoms with Crippen molar-refractivity contribution in [1.29, 1.82) is 5.26 Å². The number of aliphatic hydroxyl groups excluding tert-OH is 1. The Balaban J connectivity index is 1.49. The number of nitriles is 1. The van der Waals surface area contributed by atoms with Crippen LogP contribution >= 0.6 is 0 Å². The lowest BCUT2D eigenvalue weighted by Gasteiger charge is -2.52. The van der Waals surface area contributed by atoms with Crippen molar-refractivity contribution < 1.29 is 14.6 Å². The first-order valence-electron chi connectivity index (χ1n) is 11.2. The normalized spacial score (nSPS) is 22.8. The predicted octanol–water partition coefficient (Wildman–Crippen LogP) is 3.85. The van der Waals surface area contributed by atoms with Crippen molar-refractivity contribution in [2.75, 3.05) is 13.7 Å². The Morgan fingerprint density at radius 3 is 2.47 bits per heavy atom. The summed E-state index contributed by atoms with van der Waals surface area (Å²) in [7, 11) is 1.63. The van der Waals surface area contributed by atoms with Gasteiger partial charge in [-0.15, -0.1) is 0 Å². The lowest BCUT2D eigenvalue weighted by atomic mass is 9.74. The number of hydrogen-bond acceptors (Lipinski definition) is 4. The van der Waals surface area contributed by atoms with Crippen molar-refractivity contribution in [1.82, 2.24) is 4.90 Å². The minimum absolute atomic E-state index is 0.0103. The van der Waals surface area contributed by atoms with Crippen LogP contribution in [0.15, 0.2) is 48.5 Å². The second-order valence-electron chi connectivity index (χ2n) is 8.53. The number of amides is 1. The molecule has 32 heavy (non-hydrogen) atoms. The molecule has 2 aliphatic rings. The zero-order valence-corrected chi connectivity index (χ0v) is 18.3. The first kappa shape index (κ1) is 21.9. The van der Waals surface area contributed by atoms with E-state index >= 15 is 0 Å². The van der Waals surface area contributed by atoms with E-state index in [0.29, 0.717) is 0 Å². The standard InChI is InChI=1S/C27H28N2O3/c1-32-23-9-5-6-20(16-23)11-10-19-12-14-21(15-13-19)26-24(17-28)29(25(26)18-30)27(31)22-7-3-2-4-8-22/h5-6,9,12-16,22,24-26,30H,2-4,7-8,18H2,1H3/t24-,25+,26+/m0/s1. The van der Waals surface area contributed by atoms with Gasteiger partial charge in [-0.3, -0.25) is 4.79 Å². The number of rotatable bonds is 4. The molecule has 1 aliphatic carbocycles. The molecule has 0 aromatic heterocycles. The van der Waals surface area contributed by atoms with E-state index in [1.165, 1.54) is 6.42 Å². The van der Waals surface area contributed by atoms with Crippen LogP contribution in [0.3, 0.4) is 0 Å². The van der Waals surface area contributed by atoms with E-state index in [9.17, 15) is 15.2 Å². The van der Waals surface area contributed by atoms with Crippen molar-refractivity contribution in [2.45, 2.75) is 50.1 Å². The summed E-state index contributed by atoms with van der Waals surface area (Å²) < 4.78 is 5.23. The van der Waals surface area contributed by atoms with Gasteiger partial charge in [0.25, 0.3) is 0 Å². The molecule has 1 saturated heterocycles. The van der Waals surface area contributed by atoms with Crippen LogP contribution < -0.4 is 4.74 Å². The van der Waals surface area contributed by atoms with E-state index in [-0.39, 0.29) is 30.4 Å². The largest absolute Gasteiger partial charge is 0.497 e. The van der Waals surface area contributed by atoms with Gasteiger partial charge in [0.15, 0.2) is 0 Å². The highest BCUT2D eigenvalue weighted by atomic mass is 16.5. The maximum absolute atomic E-state index is 13.1. The van der Waals surface area contributed by atoms with E-state index in [4.69, 9.17) is 4.74 Å². The molecule has 0 unspecified atom stereocenters. The molecule has 1 amide bonds. The van der Waals surface area contributed by atoms with E-state index in [0.717, 1.165) is 48.1 Å². The maximum Gasteiger partial charge on any atom is 0.227 e. The molecule has 3 atom stereocenters. The van der Waals surface area contributed by atoms with Gasteiger partial charge >= 0.3 is 0 Å². The van der Waals surface area contributed by atoms with Gasteiger partial charge in [0.2, 0.25) is 5.91 Å². The molecule has 1 N–H and O–H groups in total. The van der Waals surface area contributed by atoms with Crippen LogP contribution in [0.2, 0.25) is 0 Å². The molecule has 2 aromatic rings. The van der Waals surface area contributed by atoms with Crippen molar-refractivity contribution in [3.8, 4) is 23.7 Å². The molecule has 1 aliphatic heterocycles. The molecule has 0 bridgehead atoms. The van der Waals surface area contributed by atoms with Crippen LogP contribution in [0.4, 0.5) is 0 Å². The first-order valence-corrected chi connectivity index (χ1v) is 11.2. The number of carbonyl (C=O) groups is 1. The molecule has 2 aromatic carbocycles. The molecule has 5 nitrogen and oxygen atoms in total. The highest BCUT2D eigenvalue weighted by Gasteiger charge is 2.52. The quantitative estimate of drug-likeness (QED) is 0.751. The van der Waals surface area contributed by atoms with E-state index in [1.807, 2.05) is 48.5 Å². The minimum atomic E-state index is -0.532. The van der Waals surface area contributed by atoms with E-state index in [1.54, 1.807) is 12.0 Å². The highest BCUT2D eigenvalue weighted by molar-refractivity contribution is 5.81. The average molecular weight is 429 g/mol. The van der Waals surface area contributed by atoms with Gasteiger partial charge in [-0.05, 0) is 48.7 Å². The van der Waals surface area contributed by atoms with Gasteiger partial charge in [0, 0.05) is 23.0 Å². The fraction of sp³-hybridized carbons (Fsp3) is 0.407. The van der Waals surface area contributed by atoms with Crippen LogP contribution in [0.25, 0.3) is 0 Å². The zero-order valence-electron chi connectivity index (χ0n) is 18.3. The summed E-state index contributed by atoms with van der Waals surface area (Å²) >= 11 is 0. The van der Waals surface area contributed by atoms with Gasteiger partial charge in [-0.25, -0.2) is 0 Å². The van der Waals surface area contributed by atoms with E-state index < -0.39 is 6.04 Å². The number of aliphatic hydroxyl groups is 1. The van der Waals surface area contributed by atoms with Crippen LogP contribution in [-0.4, -0.2) is 41.7 Å². The van der Waals surface area contributed by atoms with Crippen LogP contribution in [0, 0.1) is 29.1 Å². The Labute approximate surface area is 189 Å². The maximum atomic E-state index is 13.1. The number of hydrogen-bond donors (Lipinski definition) is 1. The highest BCUT2D eigenvalue weighted by Crippen LogP contribution is 2.42. The SMILES string of the molecule is COc1cccc(C#Cc2ccc([C@H]3[C@@H](CO)N(C(=O)C4CCCCC4)[C@H]3C#N)cc2)c1. The van der Waals surface area contributed by atoms with Gasteiger partial charge < -0.3 is 14.7 Å². The number of ether oxygens (including phenoxy) is 1. The van der Waals surface area contributed by atoms with Gasteiger partial charge in [0.1, 0.15) is 11.8 Å². The second kappa shape index (κ2) is 9.90. The Hall–Kier alpha value is -3.28. The monoisotopic (exact) mass is 428 g/mol. The van der Waals surface area contributed by atoms with Gasteiger partial charge in [-0.2, -0.15) is 5.26 Å². The van der Waals surface area contributed by atoms with E-state index in [2.05, 4.69) is 17.9 Å². The Morgan fingerprint density at radius 2 is 1.81 bits per heavy atom. The first-order chi connectivity index (χ1) is 15.7. The summed E-state index contributed by atoms with van der Waals surface area (Å²) in [5.41, 5.74) is 2.68.